The molecule has 0 amide bonds. The molecule has 0 radical (unpaired) electrons. The van der Waals surface area contributed by atoms with E-state index >= 15 is 0 Å². The zero-order valence-corrected chi connectivity index (χ0v) is 11.4. The number of nitrogens with one attached hydrogen (secondary N) is 2. The third kappa shape index (κ3) is 4.61. The van der Waals surface area contributed by atoms with Gasteiger partial charge in [-0.3, -0.25) is 0 Å². The van der Waals surface area contributed by atoms with Crippen LogP contribution in [0.3, 0.4) is 0 Å². The number of thiocarbonyl (C=S) groups is 1. The van der Waals surface area contributed by atoms with E-state index < -0.39 is 0 Å². The van der Waals surface area contributed by atoms with Gasteiger partial charge in [0.05, 0.1) is 12.8 Å². The number of para-hydroxylation sites is 2. The van der Waals surface area contributed by atoms with Crippen LogP contribution < -0.4 is 15.4 Å². The van der Waals surface area contributed by atoms with Crippen molar-refractivity contribution in [2.24, 2.45) is 0 Å². The zero-order valence-electron chi connectivity index (χ0n) is 10.6. The van der Waals surface area contributed by atoms with Crippen molar-refractivity contribution in [3.05, 3.63) is 24.3 Å². The van der Waals surface area contributed by atoms with Crippen LogP contribution in [-0.2, 0) is 0 Å². The highest BCUT2D eigenvalue weighted by atomic mass is 32.1. The molecule has 0 spiro atoms. The lowest BCUT2D eigenvalue weighted by Gasteiger charge is -2.17. The summed E-state index contributed by atoms with van der Waals surface area (Å²) < 4.78 is 5.25. The van der Waals surface area contributed by atoms with Gasteiger partial charge in [-0.1, -0.05) is 25.5 Å². The van der Waals surface area contributed by atoms with E-state index in [2.05, 4.69) is 24.5 Å². The lowest BCUT2D eigenvalue weighted by molar-refractivity contribution is 0.417. The molecule has 1 unspecified atom stereocenters. The first kappa shape index (κ1) is 13.8. The minimum Gasteiger partial charge on any atom is -0.495 e. The van der Waals surface area contributed by atoms with Crippen molar-refractivity contribution >= 4 is 23.0 Å². The van der Waals surface area contributed by atoms with Gasteiger partial charge in [0.2, 0.25) is 0 Å². The third-order valence-corrected chi connectivity index (χ3v) is 2.67. The van der Waals surface area contributed by atoms with Crippen LogP contribution in [0.25, 0.3) is 0 Å². The van der Waals surface area contributed by atoms with Gasteiger partial charge in [-0.15, -0.1) is 0 Å². The molecule has 0 fully saturated rings. The lowest BCUT2D eigenvalue weighted by atomic mass is 10.2. The molecule has 0 saturated carbocycles. The lowest BCUT2D eigenvalue weighted by Crippen LogP contribution is -2.35. The summed E-state index contributed by atoms with van der Waals surface area (Å²) in [4.78, 5) is 0. The number of hydrogen-bond acceptors (Lipinski definition) is 2. The highest BCUT2D eigenvalue weighted by Crippen LogP contribution is 2.22. The van der Waals surface area contributed by atoms with Crippen LogP contribution in [0.2, 0.25) is 0 Å². The van der Waals surface area contributed by atoms with Gasteiger partial charge in [-0.05, 0) is 37.7 Å². The maximum absolute atomic E-state index is 5.26. The molecule has 0 bridgehead atoms. The molecule has 1 aromatic carbocycles. The fourth-order valence-electron chi connectivity index (χ4n) is 1.64. The highest BCUT2D eigenvalue weighted by Gasteiger charge is 2.06. The van der Waals surface area contributed by atoms with E-state index in [-0.39, 0.29) is 0 Å². The first-order valence-electron chi connectivity index (χ1n) is 5.88. The second-order valence-corrected chi connectivity index (χ2v) is 4.40. The molecular formula is C13H20N2OS. The maximum Gasteiger partial charge on any atom is 0.171 e. The Balaban J connectivity index is 2.55. The summed E-state index contributed by atoms with van der Waals surface area (Å²) in [7, 11) is 1.65. The Bertz CT molecular complexity index is 368. The number of benzene rings is 1. The summed E-state index contributed by atoms with van der Waals surface area (Å²) in [5, 5.41) is 7.03. The molecule has 4 heteroatoms. The Hall–Kier alpha value is -1.29. The van der Waals surface area contributed by atoms with Crippen molar-refractivity contribution in [2.45, 2.75) is 32.7 Å². The number of rotatable bonds is 5. The van der Waals surface area contributed by atoms with E-state index in [1.165, 1.54) is 0 Å². The molecule has 0 aromatic heterocycles. The van der Waals surface area contributed by atoms with E-state index in [0.29, 0.717) is 11.2 Å². The molecular weight excluding hydrogens is 232 g/mol. The van der Waals surface area contributed by atoms with Gasteiger partial charge in [0.15, 0.2) is 5.11 Å². The summed E-state index contributed by atoms with van der Waals surface area (Å²) in [6.07, 6.45) is 2.25. The van der Waals surface area contributed by atoms with Gasteiger partial charge >= 0.3 is 0 Å². The van der Waals surface area contributed by atoms with E-state index in [4.69, 9.17) is 17.0 Å². The molecule has 3 nitrogen and oxygen atoms in total. The van der Waals surface area contributed by atoms with E-state index in [1.54, 1.807) is 7.11 Å². The fourth-order valence-corrected chi connectivity index (χ4v) is 1.95. The molecule has 0 aliphatic carbocycles. The molecule has 2 N–H and O–H groups in total. The van der Waals surface area contributed by atoms with E-state index in [0.717, 1.165) is 24.3 Å². The van der Waals surface area contributed by atoms with Gasteiger partial charge in [0.1, 0.15) is 5.75 Å². The van der Waals surface area contributed by atoms with Gasteiger partial charge in [-0.25, -0.2) is 0 Å². The molecule has 0 aliphatic rings. The van der Waals surface area contributed by atoms with Crippen LogP contribution >= 0.6 is 12.2 Å². The Morgan fingerprint density at radius 1 is 1.41 bits per heavy atom. The second-order valence-electron chi connectivity index (χ2n) is 3.99. The van der Waals surface area contributed by atoms with E-state index in [1.807, 2.05) is 24.3 Å². The number of anilines is 1. The standard InChI is InChI=1S/C13H20N2OS/c1-4-7-10(2)14-13(17)15-11-8-5-6-9-12(11)16-3/h5-6,8-10H,4,7H2,1-3H3,(H2,14,15,17). The summed E-state index contributed by atoms with van der Waals surface area (Å²) >= 11 is 5.26. The highest BCUT2D eigenvalue weighted by molar-refractivity contribution is 7.80. The molecule has 1 rings (SSSR count). The Labute approximate surface area is 109 Å². The Morgan fingerprint density at radius 3 is 2.76 bits per heavy atom. The van der Waals surface area contributed by atoms with Crippen molar-refractivity contribution in [1.82, 2.24) is 5.32 Å². The second kappa shape index (κ2) is 7.12. The molecule has 94 valence electrons. The van der Waals surface area contributed by atoms with Crippen molar-refractivity contribution in [3.63, 3.8) is 0 Å². The molecule has 0 aliphatic heterocycles. The van der Waals surface area contributed by atoms with Gasteiger partial charge < -0.3 is 15.4 Å². The maximum atomic E-state index is 5.26. The summed E-state index contributed by atoms with van der Waals surface area (Å²) in [5.74, 6) is 0.791. The van der Waals surface area contributed by atoms with Crippen LogP contribution in [0.4, 0.5) is 5.69 Å². The monoisotopic (exact) mass is 252 g/mol. The van der Waals surface area contributed by atoms with Crippen molar-refractivity contribution in [1.29, 1.82) is 0 Å². The van der Waals surface area contributed by atoms with Crippen LogP contribution in [-0.4, -0.2) is 18.3 Å². The minimum atomic E-state index is 0.384. The summed E-state index contributed by atoms with van der Waals surface area (Å²) in [6, 6.07) is 8.11. The molecule has 0 heterocycles. The predicted molar refractivity (Wildman–Crippen MR) is 76.7 cm³/mol. The van der Waals surface area contributed by atoms with Crippen molar-refractivity contribution in [3.8, 4) is 5.75 Å². The minimum absolute atomic E-state index is 0.384. The topological polar surface area (TPSA) is 33.3 Å². The fraction of sp³-hybridized carbons (Fsp3) is 0.462. The average Bonchev–Trinajstić information content (AvgIpc) is 2.29. The van der Waals surface area contributed by atoms with E-state index in [9.17, 15) is 0 Å². The SMILES string of the molecule is CCCC(C)NC(=S)Nc1ccccc1OC. The number of ether oxygens (including phenoxy) is 1. The van der Waals surface area contributed by atoms with Crippen LogP contribution in [0, 0.1) is 0 Å². The molecule has 17 heavy (non-hydrogen) atoms. The van der Waals surface area contributed by atoms with Crippen LogP contribution in [0.5, 0.6) is 5.75 Å². The van der Waals surface area contributed by atoms with Gasteiger partial charge in [0.25, 0.3) is 0 Å². The molecule has 0 saturated heterocycles. The summed E-state index contributed by atoms with van der Waals surface area (Å²) in [5.41, 5.74) is 0.885. The quantitative estimate of drug-likeness (QED) is 0.789. The normalized spacial score (nSPS) is 11.7. The summed E-state index contributed by atoms with van der Waals surface area (Å²) in [6.45, 7) is 4.29. The first-order valence-corrected chi connectivity index (χ1v) is 6.28. The third-order valence-electron chi connectivity index (χ3n) is 2.45. The van der Waals surface area contributed by atoms with Gasteiger partial charge in [-0.2, -0.15) is 0 Å². The zero-order chi connectivity index (χ0) is 12.7. The number of hydrogen-bond donors (Lipinski definition) is 2. The average molecular weight is 252 g/mol. The van der Waals surface area contributed by atoms with Crippen molar-refractivity contribution in [2.75, 3.05) is 12.4 Å². The van der Waals surface area contributed by atoms with Crippen LogP contribution in [0.15, 0.2) is 24.3 Å². The molecule has 1 aromatic rings. The largest absolute Gasteiger partial charge is 0.495 e. The molecule has 1 atom stereocenters. The van der Waals surface area contributed by atoms with Crippen molar-refractivity contribution < 1.29 is 4.74 Å². The smallest absolute Gasteiger partial charge is 0.171 e. The van der Waals surface area contributed by atoms with Gasteiger partial charge in [0, 0.05) is 6.04 Å². The van der Waals surface area contributed by atoms with Crippen LogP contribution in [0.1, 0.15) is 26.7 Å². The Kier molecular flexibility index (Phi) is 5.77. The number of methoxy groups -OCH3 is 1. The Morgan fingerprint density at radius 2 is 2.12 bits per heavy atom. The predicted octanol–water partition coefficient (Wildman–Crippen LogP) is 3.17. The first-order chi connectivity index (χ1) is 8.17.